The van der Waals surface area contributed by atoms with Gasteiger partial charge in [-0.25, -0.2) is 0 Å². The number of benzene rings is 1. The molecule has 14 heavy (non-hydrogen) atoms. The third-order valence-corrected chi connectivity index (χ3v) is 2.35. The Bertz CT molecular complexity index is 355. The molecule has 0 spiro atoms. The van der Waals surface area contributed by atoms with Crippen LogP contribution in [-0.2, 0) is 0 Å². The molecule has 0 amide bonds. The summed E-state index contributed by atoms with van der Waals surface area (Å²) in [5.41, 5.74) is 1.27. The standard InChI is InChI=1S/C14H14/c1-3-7-13(8-4-1)11-12-14-9-5-2-6-10-14/h1-9,11-12,14H,10H2. The maximum absolute atomic E-state index is 2.26. The minimum Gasteiger partial charge on any atom is -0.0837 e. The van der Waals surface area contributed by atoms with Gasteiger partial charge in [0.1, 0.15) is 0 Å². The fourth-order valence-corrected chi connectivity index (χ4v) is 1.54. The van der Waals surface area contributed by atoms with Crippen LogP contribution in [-0.4, -0.2) is 0 Å². The lowest BCUT2D eigenvalue weighted by atomic mass is 9.99. The van der Waals surface area contributed by atoms with Crippen LogP contribution in [0.25, 0.3) is 6.08 Å². The smallest absolute Gasteiger partial charge is 0.00124 e. The monoisotopic (exact) mass is 182 g/mol. The molecule has 70 valence electrons. The SMILES string of the molecule is C1=CCC(C=Cc2ccccc2)C=C1. The molecule has 0 aliphatic heterocycles. The highest BCUT2D eigenvalue weighted by molar-refractivity contribution is 5.49. The van der Waals surface area contributed by atoms with Crippen molar-refractivity contribution in [1.82, 2.24) is 0 Å². The Morgan fingerprint density at radius 2 is 1.93 bits per heavy atom. The number of rotatable bonds is 2. The van der Waals surface area contributed by atoms with Gasteiger partial charge in [-0.3, -0.25) is 0 Å². The van der Waals surface area contributed by atoms with Crippen molar-refractivity contribution in [1.29, 1.82) is 0 Å². The third-order valence-electron chi connectivity index (χ3n) is 2.35. The molecule has 0 fully saturated rings. The zero-order valence-electron chi connectivity index (χ0n) is 8.14. The first-order valence-electron chi connectivity index (χ1n) is 5.02. The van der Waals surface area contributed by atoms with Gasteiger partial charge in [-0.05, 0) is 17.9 Å². The van der Waals surface area contributed by atoms with E-state index in [0.717, 1.165) is 6.42 Å². The van der Waals surface area contributed by atoms with Gasteiger partial charge >= 0.3 is 0 Å². The van der Waals surface area contributed by atoms with E-state index in [1.165, 1.54) is 5.56 Å². The molecule has 0 N–H and O–H groups in total. The summed E-state index contributed by atoms with van der Waals surface area (Å²) >= 11 is 0. The van der Waals surface area contributed by atoms with Gasteiger partial charge < -0.3 is 0 Å². The van der Waals surface area contributed by atoms with Gasteiger partial charge in [0, 0.05) is 0 Å². The number of hydrogen-bond donors (Lipinski definition) is 0. The largest absolute Gasteiger partial charge is 0.0837 e. The summed E-state index contributed by atoms with van der Waals surface area (Å²) in [7, 11) is 0. The van der Waals surface area contributed by atoms with E-state index < -0.39 is 0 Å². The summed E-state index contributed by atoms with van der Waals surface area (Å²) in [5.74, 6) is 0.570. The third kappa shape index (κ3) is 2.46. The molecule has 1 aliphatic rings. The molecule has 1 aromatic carbocycles. The first-order valence-corrected chi connectivity index (χ1v) is 5.02. The van der Waals surface area contributed by atoms with Crippen LogP contribution in [0.1, 0.15) is 12.0 Å². The van der Waals surface area contributed by atoms with E-state index in [1.807, 2.05) is 6.07 Å². The second-order valence-corrected chi connectivity index (χ2v) is 3.48. The van der Waals surface area contributed by atoms with Crippen LogP contribution >= 0.6 is 0 Å². The van der Waals surface area contributed by atoms with Crippen LogP contribution < -0.4 is 0 Å². The predicted molar refractivity (Wildman–Crippen MR) is 61.9 cm³/mol. The second kappa shape index (κ2) is 4.61. The van der Waals surface area contributed by atoms with Gasteiger partial charge in [0.05, 0.1) is 0 Å². The van der Waals surface area contributed by atoms with Crippen molar-refractivity contribution in [2.45, 2.75) is 6.42 Å². The van der Waals surface area contributed by atoms with Gasteiger partial charge in [0.2, 0.25) is 0 Å². The van der Waals surface area contributed by atoms with Crippen molar-refractivity contribution in [3.63, 3.8) is 0 Å². The van der Waals surface area contributed by atoms with Crippen LogP contribution in [0.2, 0.25) is 0 Å². The normalized spacial score (nSPS) is 20.4. The molecule has 0 saturated carbocycles. The van der Waals surface area contributed by atoms with Crippen LogP contribution in [0.4, 0.5) is 0 Å². The van der Waals surface area contributed by atoms with Crippen molar-refractivity contribution < 1.29 is 0 Å². The van der Waals surface area contributed by atoms with Crippen molar-refractivity contribution in [2.24, 2.45) is 5.92 Å². The Balaban J connectivity index is 2.01. The Morgan fingerprint density at radius 1 is 1.07 bits per heavy atom. The summed E-state index contributed by atoms with van der Waals surface area (Å²) in [6, 6.07) is 10.4. The zero-order chi connectivity index (χ0) is 9.64. The average Bonchev–Trinajstić information content (AvgIpc) is 2.29. The molecule has 0 bridgehead atoms. The Labute approximate surface area is 85.3 Å². The van der Waals surface area contributed by atoms with Crippen LogP contribution in [0, 0.1) is 5.92 Å². The molecular weight excluding hydrogens is 168 g/mol. The van der Waals surface area contributed by atoms with E-state index in [2.05, 4.69) is 60.7 Å². The van der Waals surface area contributed by atoms with Crippen molar-refractivity contribution in [3.8, 4) is 0 Å². The van der Waals surface area contributed by atoms with E-state index in [4.69, 9.17) is 0 Å². The minimum absolute atomic E-state index is 0.570. The molecule has 0 saturated heterocycles. The van der Waals surface area contributed by atoms with E-state index in [1.54, 1.807) is 0 Å². The fraction of sp³-hybridized carbons (Fsp3) is 0.143. The van der Waals surface area contributed by atoms with E-state index >= 15 is 0 Å². The molecule has 0 nitrogen and oxygen atoms in total. The predicted octanol–water partition coefficient (Wildman–Crippen LogP) is 3.83. The van der Waals surface area contributed by atoms with E-state index in [9.17, 15) is 0 Å². The average molecular weight is 182 g/mol. The number of allylic oxidation sites excluding steroid dienone is 5. The lowest BCUT2D eigenvalue weighted by molar-refractivity contribution is 0.826. The molecule has 2 rings (SSSR count). The highest BCUT2D eigenvalue weighted by Crippen LogP contribution is 2.14. The summed E-state index contributed by atoms with van der Waals surface area (Å²) in [5, 5.41) is 0. The highest BCUT2D eigenvalue weighted by atomic mass is 14.0. The van der Waals surface area contributed by atoms with Gasteiger partial charge in [-0.2, -0.15) is 0 Å². The fourth-order valence-electron chi connectivity index (χ4n) is 1.54. The maximum atomic E-state index is 2.26. The molecule has 0 aromatic heterocycles. The van der Waals surface area contributed by atoms with E-state index in [-0.39, 0.29) is 0 Å². The van der Waals surface area contributed by atoms with Crippen molar-refractivity contribution in [3.05, 3.63) is 66.3 Å². The zero-order valence-corrected chi connectivity index (χ0v) is 8.14. The van der Waals surface area contributed by atoms with Gasteiger partial charge in [0.15, 0.2) is 0 Å². The van der Waals surface area contributed by atoms with E-state index in [0.29, 0.717) is 5.92 Å². The lowest BCUT2D eigenvalue weighted by Gasteiger charge is -2.06. The van der Waals surface area contributed by atoms with Crippen molar-refractivity contribution in [2.75, 3.05) is 0 Å². The molecule has 0 heterocycles. The molecule has 1 atom stereocenters. The summed E-state index contributed by atoms with van der Waals surface area (Å²) in [6.45, 7) is 0. The minimum atomic E-state index is 0.570. The molecule has 0 heteroatoms. The van der Waals surface area contributed by atoms with Crippen molar-refractivity contribution >= 4 is 6.08 Å². The van der Waals surface area contributed by atoms with Crippen LogP contribution in [0.5, 0.6) is 0 Å². The first-order chi connectivity index (χ1) is 6.95. The van der Waals surface area contributed by atoms with Gasteiger partial charge in [-0.15, -0.1) is 0 Å². The topological polar surface area (TPSA) is 0 Å². The Kier molecular flexibility index (Phi) is 2.97. The lowest BCUT2D eigenvalue weighted by Crippen LogP contribution is -1.91. The van der Waals surface area contributed by atoms with Gasteiger partial charge in [-0.1, -0.05) is 66.8 Å². The molecule has 1 aromatic rings. The van der Waals surface area contributed by atoms with Gasteiger partial charge in [0.25, 0.3) is 0 Å². The number of hydrogen-bond acceptors (Lipinski definition) is 0. The Hall–Kier alpha value is -1.56. The summed E-state index contributed by atoms with van der Waals surface area (Å²) in [6.07, 6.45) is 14.2. The molecule has 1 aliphatic carbocycles. The summed E-state index contributed by atoms with van der Waals surface area (Å²) < 4.78 is 0. The quantitative estimate of drug-likeness (QED) is 0.652. The summed E-state index contributed by atoms with van der Waals surface area (Å²) in [4.78, 5) is 0. The molecule has 1 unspecified atom stereocenters. The molecular formula is C14H14. The maximum Gasteiger partial charge on any atom is -0.00124 e. The Morgan fingerprint density at radius 3 is 2.64 bits per heavy atom. The second-order valence-electron chi connectivity index (χ2n) is 3.48. The van der Waals surface area contributed by atoms with Crippen LogP contribution in [0.3, 0.4) is 0 Å². The highest BCUT2D eigenvalue weighted by Gasteiger charge is 1.98. The first kappa shape index (κ1) is 9.01. The molecule has 0 radical (unpaired) electrons. The van der Waals surface area contributed by atoms with Crippen LogP contribution in [0.15, 0.2) is 60.7 Å².